The largest absolute Gasteiger partial charge is 0.337 e. The van der Waals surface area contributed by atoms with Crippen LogP contribution in [0.3, 0.4) is 0 Å². The molecule has 2 aromatic heterocycles. The van der Waals surface area contributed by atoms with Gasteiger partial charge in [0.25, 0.3) is 0 Å². The van der Waals surface area contributed by atoms with Gasteiger partial charge in [-0.1, -0.05) is 140 Å². The highest BCUT2D eigenvalue weighted by atomic mass is 15.2. The second kappa shape index (κ2) is 15.8. The molecule has 0 radical (unpaired) electrons. The number of anilines is 3. The summed E-state index contributed by atoms with van der Waals surface area (Å²) >= 11 is 0. The number of aromatic nitrogens is 2. The Labute approximate surface area is 346 Å². The first kappa shape index (κ1) is 35.9. The normalized spacial score (nSPS) is 16.3. The van der Waals surface area contributed by atoms with Gasteiger partial charge in [-0.05, 0) is 102 Å². The smallest absolute Gasteiger partial charge is 0.0708 e. The minimum absolute atomic E-state index is 0.291. The van der Waals surface area contributed by atoms with Crippen LogP contribution < -0.4 is 9.80 Å². The standard InChI is InChI=1S/C55H44N4/c1-2-46(22-13-23-51-37-44-15-9-11-24-53(44)58(51)47-18-5-3-6-19-47)57(49-32-28-40(29-33-49)43-27-26-41-17-14-36-56-52(41)38-43)50-34-30-42(31-35-50)55-39-45-16-10-12-25-54(45)59(55)48-20-7-4-8-21-48/h2-22,24-39,44,53H,23H2,1H3/b22-13-,46-2+. The van der Waals surface area contributed by atoms with Crippen LogP contribution in [0.1, 0.15) is 13.3 Å². The highest BCUT2D eigenvalue weighted by Gasteiger charge is 2.32. The van der Waals surface area contributed by atoms with E-state index in [4.69, 9.17) is 0 Å². The van der Waals surface area contributed by atoms with Gasteiger partial charge in [0.1, 0.15) is 0 Å². The van der Waals surface area contributed by atoms with E-state index in [1.807, 2.05) is 12.3 Å². The lowest BCUT2D eigenvalue weighted by molar-refractivity contribution is 0.694. The molecule has 0 N–H and O–H groups in total. The van der Waals surface area contributed by atoms with E-state index >= 15 is 0 Å². The summed E-state index contributed by atoms with van der Waals surface area (Å²) in [6, 6.07) is 61.2. The molecule has 2 aliphatic rings. The predicted molar refractivity (Wildman–Crippen MR) is 248 cm³/mol. The molecule has 3 heterocycles. The number of benzene rings is 6. The highest BCUT2D eigenvalue weighted by molar-refractivity contribution is 5.90. The number of pyridine rings is 1. The molecule has 2 atom stereocenters. The average Bonchev–Trinajstić information content (AvgIpc) is 3.88. The molecule has 59 heavy (non-hydrogen) atoms. The number of fused-ring (bicyclic) bond motifs is 3. The maximum atomic E-state index is 4.61. The van der Waals surface area contributed by atoms with Crippen molar-refractivity contribution in [1.82, 2.24) is 9.55 Å². The van der Waals surface area contributed by atoms with Crippen molar-refractivity contribution in [2.75, 3.05) is 9.80 Å². The van der Waals surface area contributed by atoms with Crippen molar-refractivity contribution in [3.05, 3.63) is 236 Å². The second-order valence-electron chi connectivity index (χ2n) is 15.1. The van der Waals surface area contributed by atoms with Gasteiger partial charge in [0.2, 0.25) is 0 Å². The Balaban J connectivity index is 1.01. The molecule has 0 bridgehead atoms. The summed E-state index contributed by atoms with van der Waals surface area (Å²) in [6.45, 7) is 2.13. The fourth-order valence-corrected chi connectivity index (χ4v) is 8.71. The first-order valence-electron chi connectivity index (χ1n) is 20.5. The molecule has 284 valence electrons. The molecule has 4 heteroatoms. The third kappa shape index (κ3) is 7.00. The summed E-state index contributed by atoms with van der Waals surface area (Å²) in [6.07, 6.45) is 20.9. The van der Waals surface area contributed by atoms with Crippen LogP contribution in [0.5, 0.6) is 0 Å². The number of rotatable bonds is 10. The molecule has 0 saturated carbocycles. The fourth-order valence-electron chi connectivity index (χ4n) is 8.71. The summed E-state index contributed by atoms with van der Waals surface area (Å²) < 4.78 is 2.36. The van der Waals surface area contributed by atoms with Crippen molar-refractivity contribution < 1.29 is 0 Å². The number of para-hydroxylation sites is 3. The average molecular weight is 761 g/mol. The van der Waals surface area contributed by atoms with Crippen LogP contribution >= 0.6 is 0 Å². The van der Waals surface area contributed by atoms with E-state index in [0.717, 1.165) is 62.5 Å². The molecule has 0 amide bonds. The summed E-state index contributed by atoms with van der Waals surface area (Å²) in [5.41, 5.74) is 13.8. The van der Waals surface area contributed by atoms with Gasteiger partial charge in [0.15, 0.2) is 0 Å². The van der Waals surface area contributed by atoms with E-state index in [1.165, 1.54) is 22.3 Å². The van der Waals surface area contributed by atoms with E-state index in [1.54, 1.807) is 0 Å². The highest BCUT2D eigenvalue weighted by Crippen LogP contribution is 2.39. The van der Waals surface area contributed by atoms with E-state index in [-0.39, 0.29) is 0 Å². The van der Waals surface area contributed by atoms with Crippen LogP contribution in [0, 0.1) is 5.92 Å². The van der Waals surface area contributed by atoms with Crippen LogP contribution in [0.25, 0.3) is 49.9 Å². The molecule has 10 rings (SSSR count). The van der Waals surface area contributed by atoms with E-state index in [0.29, 0.717) is 12.0 Å². The Hall–Kier alpha value is -7.43. The molecule has 4 nitrogen and oxygen atoms in total. The van der Waals surface area contributed by atoms with Crippen LogP contribution in [0.4, 0.5) is 17.1 Å². The zero-order valence-electron chi connectivity index (χ0n) is 33.0. The fraction of sp³-hybridized carbons (Fsp3) is 0.0727. The van der Waals surface area contributed by atoms with Crippen molar-refractivity contribution in [2.24, 2.45) is 5.92 Å². The van der Waals surface area contributed by atoms with E-state index in [2.05, 4.69) is 239 Å². The molecular formula is C55H44N4. The zero-order valence-corrected chi connectivity index (χ0v) is 33.0. The predicted octanol–water partition coefficient (Wildman–Crippen LogP) is 14.0. The van der Waals surface area contributed by atoms with Crippen molar-refractivity contribution in [3.8, 4) is 28.1 Å². The van der Waals surface area contributed by atoms with Crippen LogP contribution in [0.2, 0.25) is 0 Å². The monoisotopic (exact) mass is 760 g/mol. The molecule has 6 aromatic carbocycles. The molecule has 0 fully saturated rings. The Bertz CT molecular complexity index is 2910. The zero-order chi connectivity index (χ0) is 39.5. The molecule has 0 spiro atoms. The van der Waals surface area contributed by atoms with Crippen molar-refractivity contribution >= 4 is 38.9 Å². The lowest BCUT2D eigenvalue weighted by atomic mass is 9.97. The Kier molecular flexibility index (Phi) is 9.65. The first-order valence-corrected chi connectivity index (χ1v) is 20.5. The summed E-state index contributed by atoms with van der Waals surface area (Å²) in [5, 5.41) is 2.36. The molecular weight excluding hydrogens is 717 g/mol. The quantitative estimate of drug-likeness (QED) is 0.130. The summed E-state index contributed by atoms with van der Waals surface area (Å²) in [4.78, 5) is 9.47. The van der Waals surface area contributed by atoms with E-state index < -0.39 is 0 Å². The minimum atomic E-state index is 0.291. The van der Waals surface area contributed by atoms with E-state index in [9.17, 15) is 0 Å². The Morgan fingerprint density at radius 3 is 2.05 bits per heavy atom. The topological polar surface area (TPSA) is 24.3 Å². The SMILES string of the molecule is C/C=C(\C=C/CC1=CC2C=CC=CC2N1c1ccccc1)N(c1ccc(-c2ccc3cccnc3c2)cc1)c1ccc(-c2cc3ccccc3n2-c2ccccc2)cc1. The molecule has 1 aliphatic heterocycles. The third-order valence-corrected chi connectivity index (χ3v) is 11.6. The Morgan fingerprint density at radius 1 is 0.627 bits per heavy atom. The maximum absolute atomic E-state index is 4.61. The van der Waals surface area contributed by atoms with Crippen molar-refractivity contribution in [2.45, 2.75) is 19.4 Å². The number of hydrogen-bond donors (Lipinski definition) is 0. The summed E-state index contributed by atoms with van der Waals surface area (Å²) in [7, 11) is 0. The van der Waals surface area contributed by atoms with Crippen LogP contribution in [0.15, 0.2) is 236 Å². The van der Waals surface area contributed by atoms with Gasteiger partial charge in [0.05, 0.1) is 22.8 Å². The maximum Gasteiger partial charge on any atom is 0.0708 e. The van der Waals surface area contributed by atoms with Crippen LogP contribution in [-0.4, -0.2) is 15.6 Å². The van der Waals surface area contributed by atoms with Gasteiger partial charge in [-0.3, -0.25) is 4.98 Å². The number of hydrogen-bond acceptors (Lipinski definition) is 3. The Morgan fingerprint density at radius 2 is 1.29 bits per heavy atom. The molecule has 2 unspecified atom stereocenters. The molecule has 1 aliphatic carbocycles. The number of nitrogens with zero attached hydrogens (tertiary/aromatic N) is 4. The van der Waals surface area contributed by atoms with Gasteiger partial charge < -0.3 is 14.4 Å². The van der Waals surface area contributed by atoms with Crippen molar-refractivity contribution in [1.29, 1.82) is 0 Å². The summed E-state index contributed by atoms with van der Waals surface area (Å²) in [5.74, 6) is 0.359. The van der Waals surface area contributed by atoms with Gasteiger partial charge >= 0.3 is 0 Å². The lowest BCUT2D eigenvalue weighted by Crippen LogP contribution is -2.32. The first-order chi connectivity index (χ1) is 29.2. The second-order valence-corrected chi connectivity index (χ2v) is 15.1. The van der Waals surface area contributed by atoms with Crippen molar-refractivity contribution in [3.63, 3.8) is 0 Å². The third-order valence-electron chi connectivity index (χ3n) is 11.6. The molecule has 0 saturated heterocycles. The minimum Gasteiger partial charge on any atom is -0.337 e. The van der Waals surface area contributed by atoms with Gasteiger partial charge in [0, 0.05) is 63.5 Å². The van der Waals surface area contributed by atoms with Gasteiger partial charge in [-0.25, -0.2) is 0 Å². The number of allylic oxidation sites excluding steroid dienone is 5. The van der Waals surface area contributed by atoms with Gasteiger partial charge in [-0.2, -0.15) is 0 Å². The molecule has 8 aromatic rings. The van der Waals surface area contributed by atoms with Crippen LogP contribution in [-0.2, 0) is 0 Å². The van der Waals surface area contributed by atoms with Gasteiger partial charge in [-0.15, -0.1) is 0 Å². The lowest BCUT2D eigenvalue weighted by Gasteiger charge is -2.31.